The number of sulfonamides is 1. The molecule has 6 nitrogen and oxygen atoms in total. The number of nitrogens with one attached hydrogen (secondary N) is 1. The zero-order valence-electron chi connectivity index (χ0n) is 9.98. The summed E-state index contributed by atoms with van der Waals surface area (Å²) >= 11 is 0. The molecule has 1 atom stereocenters. The first-order valence-corrected chi connectivity index (χ1v) is 7.47. The largest absolute Gasteiger partial charge is 0.449 e. The van der Waals surface area contributed by atoms with Crippen molar-refractivity contribution in [3.05, 3.63) is 0 Å². The van der Waals surface area contributed by atoms with Crippen LogP contribution in [0.2, 0.25) is 0 Å². The fraction of sp³-hybridized carbons (Fsp3) is 0.900. The quantitative estimate of drug-likeness (QED) is 0.523. The van der Waals surface area contributed by atoms with Crippen LogP contribution in [-0.2, 0) is 19.5 Å². The summed E-state index contributed by atoms with van der Waals surface area (Å²) in [6.07, 6.45) is 3.34. The Morgan fingerprint density at radius 1 is 1.41 bits per heavy atom. The second-order valence-electron chi connectivity index (χ2n) is 3.95. The zero-order chi connectivity index (χ0) is 12.7. The van der Waals surface area contributed by atoms with Crippen LogP contribution in [0.3, 0.4) is 0 Å². The van der Waals surface area contributed by atoms with Crippen LogP contribution in [0.15, 0.2) is 0 Å². The van der Waals surface area contributed by atoms with Gasteiger partial charge < -0.3 is 9.47 Å². The first-order chi connectivity index (χ1) is 8.03. The third kappa shape index (κ3) is 7.17. The van der Waals surface area contributed by atoms with Gasteiger partial charge in [0.25, 0.3) is 0 Å². The minimum absolute atomic E-state index is 0.135. The van der Waals surface area contributed by atoms with E-state index in [2.05, 4.69) is 0 Å². The minimum atomic E-state index is -3.51. The highest BCUT2D eigenvalue weighted by Gasteiger charge is 2.20. The summed E-state index contributed by atoms with van der Waals surface area (Å²) in [5.74, 6) is -0.135. The maximum Gasteiger partial charge on any atom is 0.420 e. The van der Waals surface area contributed by atoms with Gasteiger partial charge in [-0.2, -0.15) is 0 Å². The van der Waals surface area contributed by atoms with Gasteiger partial charge in [-0.05, 0) is 26.2 Å². The van der Waals surface area contributed by atoms with Crippen molar-refractivity contribution >= 4 is 16.1 Å². The van der Waals surface area contributed by atoms with Crippen LogP contribution in [0.4, 0.5) is 4.79 Å². The van der Waals surface area contributed by atoms with Crippen LogP contribution in [-0.4, -0.2) is 39.6 Å². The Balaban J connectivity index is 1.95. The smallest absolute Gasteiger partial charge is 0.420 e. The van der Waals surface area contributed by atoms with Gasteiger partial charge in [0.15, 0.2) is 0 Å². The lowest BCUT2D eigenvalue weighted by Gasteiger charge is -2.06. The van der Waals surface area contributed by atoms with Crippen LogP contribution < -0.4 is 4.72 Å². The number of carbonyl (C=O) groups is 1. The molecule has 1 saturated heterocycles. The van der Waals surface area contributed by atoms with Gasteiger partial charge in [-0.25, -0.2) is 17.9 Å². The van der Waals surface area contributed by atoms with E-state index in [0.717, 1.165) is 32.3 Å². The highest BCUT2D eigenvalue weighted by atomic mass is 32.2. The third-order valence-corrected chi connectivity index (χ3v) is 3.66. The van der Waals surface area contributed by atoms with Crippen molar-refractivity contribution < 1.29 is 22.7 Å². The molecule has 0 radical (unpaired) electrons. The maximum atomic E-state index is 11.0. The van der Waals surface area contributed by atoms with E-state index in [9.17, 15) is 13.2 Å². The molecular formula is C10H19NO5S. The Kier molecular flexibility index (Phi) is 5.70. The average molecular weight is 265 g/mol. The summed E-state index contributed by atoms with van der Waals surface area (Å²) in [4.78, 5) is 11.0. The van der Waals surface area contributed by atoms with Gasteiger partial charge in [0.1, 0.15) is 0 Å². The van der Waals surface area contributed by atoms with Crippen LogP contribution in [0, 0.1) is 0 Å². The normalized spacial score (nSPS) is 18.8. The van der Waals surface area contributed by atoms with E-state index in [-0.39, 0.29) is 12.4 Å². The Bertz CT molecular complexity index is 337. The predicted octanol–water partition coefficient (Wildman–Crippen LogP) is 1.02. The van der Waals surface area contributed by atoms with Gasteiger partial charge in [-0.3, -0.25) is 0 Å². The van der Waals surface area contributed by atoms with E-state index < -0.39 is 16.1 Å². The Morgan fingerprint density at radius 2 is 2.12 bits per heavy atom. The number of rotatable bonds is 8. The summed E-state index contributed by atoms with van der Waals surface area (Å²) in [5, 5.41) is 0. The standard InChI is InChI=1S/C10H19NO5S/c1-2-17(13,14)11-10(12)15-7-5-3-4-6-9-8-16-9/h9H,2-8H2,1H3,(H,11,12). The molecule has 1 rings (SSSR count). The summed E-state index contributed by atoms with van der Waals surface area (Å²) in [5.41, 5.74) is 0. The highest BCUT2D eigenvalue weighted by molar-refractivity contribution is 7.89. The minimum Gasteiger partial charge on any atom is -0.449 e. The fourth-order valence-electron chi connectivity index (χ4n) is 1.28. The molecule has 1 heterocycles. The first-order valence-electron chi connectivity index (χ1n) is 5.82. The Morgan fingerprint density at radius 3 is 2.71 bits per heavy atom. The number of amides is 1. The van der Waals surface area contributed by atoms with E-state index in [1.54, 1.807) is 0 Å². The molecule has 17 heavy (non-hydrogen) atoms. The zero-order valence-corrected chi connectivity index (χ0v) is 10.8. The van der Waals surface area contributed by atoms with Crippen molar-refractivity contribution in [1.29, 1.82) is 0 Å². The van der Waals surface area contributed by atoms with E-state index in [4.69, 9.17) is 9.47 Å². The lowest BCUT2D eigenvalue weighted by Crippen LogP contribution is -2.32. The lowest BCUT2D eigenvalue weighted by molar-refractivity contribution is 0.150. The molecule has 1 amide bonds. The van der Waals surface area contributed by atoms with Crippen molar-refractivity contribution in [3.8, 4) is 0 Å². The van der Waals surface area contributed by atoms with Gasteiger partial charge >= 0.3 is 6.09 Å². The SMILES string of the molecule is CCS(=O)(=O)NC(=O)OCCCCCC1CO1. The van der Waals surface area contributed by atoms with Crippen molar-refractivity contribution in [2.45, 2.75) is 38.7 Å². The molecule has 100 valence electrons. The predicted molar refractivity (Wildman–Crippen MR) is 62.2 cm³/mol. The second-order valence-corrected chi connectivity index (χ2v) is 5.96. The molecule has 1 aliphatic heterocycles. The number of hydrogen-bond acceptors (Lipinski definition) is 5. The van der Waals surface area contributed by atoms with Gasteiger partial charge in [0.2, 0.25) is 10.0 Å². The van der Waals surface area contributed by atoms with Crippen LogP contribution in [0.5, 0.6) is 0 Å². The molecule has 1 unspecified atom stereocenters. The van der Waals surface area contributed by atoms with Crippen LogP contribution in [0.25, 0.3) is 0 Å². The van der Waals surface area contributed by atoms with Gasteiger partial charge in [-0.1, -0.05) is 6.42 Å². The summed E-state index contributed by atoms with van der Waals surface area (Å²) < 4.78 is 33.6. The van der Waals surface area contributed by atoms with E-state index >= 15 is 0 Å². The Hall–Kier alpha value is -0.820. The van der Waals surface area contributed by atoms with Crippen molar-refractivity contribution in [3.63, 3.8) is 0 Å². The third-order valence-electron chi connectivity index (χ3n) is 2.42. The summed E-state index contributed by atoms with van der Waals surface area (Å²) in [7, 11) is -3.51. The van der Waals surface area contributed by atoms with Crippen molar-refractivity contribution in [2.75, 3.05) is 19.0 Å². The van der Waals surface area contributed by atoms with E-state index in [0.29, 0.717) is 6.10 Å². The number of epoxide rings is 1. The molecular weight excluding hydrogens is 246 g/mol. The Labute approximate surface area is 102 Å². The number of hydrogen-bond donors (Lipinski definition) is 1. The molecule has 7 heteroatoms. The number of unbranched alkanes of at least 4 members (excludes halogenated alkanes) is 2. The maximum absolute atomic E-state index is 11.0. The van der Waals surface area contributed by atoms with Crippen molar-refractivity contribution in [2.24, 2.45) is 0 Å². The molecule has 1 N–H and O–H groups in total. The number of carbonyl (C=O) groups excluding carboxylic acids is 1. The molecule has 1 fully saturated rings. The molecule has 0 bridgehead atoms. The second kappa shape index (κ2) is 6.80. The molecule has 0 aliphatic carbocycles. The lowest BCUT2D eigenvalue weighted by atomic mass is 10.2. The average Bonchev–Trinajstić information content (AvgIpc) is 3.06. The highest BCUT2D eigenvalue weighted by Crippen LogP contribution is 2.16. The van der Waals surface area contributed by atoms with Gasteiger partial charge in [-0.15, -0.1) is 0 Å². The number of ether oxygens (including phenoxy) is 2. The van der Waals surface area contributed by atoms with Crippen LogP contribution in [0.1, 0.15) is 32.6 Å². The molecule has 0 aromatic heterocycles. The molecule has 0 aromatic carbocycles. The topological polar surface area (TPSA) is 85.0 Å². The molecule has 1 aliphatic rings. The van der Waals surface area contributed by atoms with Gasteiger partial charge in [0.05, 0.1) is 25.1 Å². The first kappa shape index (κ1) is 14.2. The van der Waals surface area contributed by atoms with Crippen LogP contribution >= 0.6 is 0 Å². The molecule has 0 aromatic rings. The summed E-state index contributed by atoms with van der Waals surface area (Å²) in [6, 6.07) is 0. The molecule has 0 saturated carbocycles. The molecule has 0 spiro atoms. The van der Waals surface area contributed by atoms with E-state index in [1.165, 1.54) is 6.92 Å². The summed E-state index contributed by atoms with van der Waals surface area (Å²) in [6.45, 7) is 2.57. The van der Waals surface area contributed by atoms with Gasteiger partial charge in [0, 0.05) is 0 Å². The monoisotopic (exact) mass is 265 g/mol. The van der Waals surface area contributed by atoms with E-state index in [1.807, 2.05) is 4.72 Å². The van der Waals surface area contributed by atoms with Crippen molar-refractivity contribution in [1.82, 2.24) is 4.72 Å². The fourth-order valence-corrected chi connectivity index (χ4v) is 1.74.